The third-order valence-electron chi connectivity index (χ3n) is 5.72. The van der Waals surface area contributed by atoms with Crippen LogP contribution in [0.15, 0.2) is 72.8 Å². The number of carboxylic acid groups (broad SMARTS) is 1. The van der Waals surface area contributed by atoms with E-state index >= 15 is 0 Å². The van der Waals surface area contributed by atoms with Gasteiger partial charge < -0.3 is 19.9 Å². The number of aliphatic carboxylic acids is 1. The van der Waals surface area contributed by atoms with Gasteiger partial charge in [-0.25, -0.2) is 9.59 Å². The summed E-state index contributed by atoms with van der Waals surface area (Å²) in [7, 11) is 0. The number of rotatable bonds is 7. The van der Waals surface area contributed by atoms with Crippen molar-refractivity contribution in [3.8, 4) is 16.9 Å². The van der Waals surface area contributed by atoms with Crippen LogP contribution in [0, 0.1) is 0 Å². The van der Waals surface area contributed by atoms with E-state index in [1.54, 1.807) is 24.3 Å². The summed E-state index contributed by atoms with van der Waals surface area (Å²) in [4.78, 5) is 24.3. The lowest BCUT2D eigenvalue weighted by Gasteiger charge is -2.21. The molecule has 0 saturated carbocycles. The third-order valence-corrected chi connectivity index (χ3v) is 5.72. The maximum atomic E-state index is 12.5. The first kappa shape index (κ1) is 23.4. The number of nitrogens with one attached hydrogen (secondary N) is 1. The van der Waals surface area contributed by atoms with Crippen molar-refractivity contribution in [2.24, 2.45) is 0 Å². The van der Waals surface area contributed by atoms with E-state index in [-0.39, 0.29) is 24.5 Å². The Hall–Kier alpha value is -3.80. The van der Waals surface area contributed by atoms with E-state index in [0.717, 1.165) is 27.8 Å². The topological polar surface area (TPSA) is 84.9 Å². The molecule has 0 fully saturated rings. The number of amides is 1. The maximum absolute atomic E-state index is 12.5. The minimum Gasteiger partial charge on any atom is -0.488 e. The molecule has 3 aromatic rings. The van der Waals surface area contributed by atoms with E-state index in [2.05, 4.69) is 17.4 Å². The highest BCUT2D eigenvalue weighted by Crippen LogP contribution is 2.44. The predicted octanol–water partition coefficient (Wildman–Crippen LogP) is 5.40. The van der Waals surface area contributed by atoms with Crippen molar-refractivity contribution in [1.29, 1.82) is 0 Å². The number of fused-ring (bicyclic) bond motifs is 3. The molecule has 0 spiro atoms. The van der Waals surface area contributed by atoms with E-state index in [1.165, 1.54) is 0 Å². The molecule has 1 atom stereocenters. The van der Waals surface area contributed by atoms with Crippen LogP contribution in [0.1, 0.15) is 43.4 Å². The van der Waals surface area contributed by atoms with E-state index in [0.29, 0.717) is 5.75 Å². The molecular weight excluding hydrogens is 431 g/mol. The average molecular weight is 461 g/mol. The summed E-state index contributed by atoms with van der Waals surface area (Å²) in [5.74, 6) is -0.507. The molecule has 1 aliphatic rings. The number of carbonyl (C=O) groups excluding carboxylic acids is 1. The zero-order chi connectivity index (χ0) is 24.3. The van der Waals surface area contributed by atoms with Gasteiger partial charge in [-0.1, -0.05) is 60.7 Å². The van der Waals surface area contributed by atoms with Gasteiger partial charge in [0.1, 0.15) is 24.0 Å². The summed E-state index contributed by atoms with van der Waals surface area (Å²) in [5.41, 5.74) is 4.92. The maximum Gasteiger partial charge on any atom is 0.407 e. The second kappa shape index (κ2) is 9.59. The Kier molecular flexibility index (Phi) is 6.59. The summed E-state index contributed by atoms with van der Waals surface area (Å²) < 4.78 is 11.3. The number of alkyl carbamates (subject to hydrolysis) is 1. The smallest absolute Gasteiger partial charge is 0.407 e. The monoisotopic (exact) mass is 460 g/mol. The minimum atomic E-state index is -1.12. The van der Waals surface area contributed by atoms with Gasteiger partial charge in [0.05, 0.1) is 0 Å². The fourth-order valence-electron chi connectivity index (χ4n) is 4.27. The molecule has 6 heteroatoms. The van der Waals surface area contributed by atoms with Crippen molar-refractivity contribution in [3.63, 3.8) is 0 Å². The van der Waals surface area contributed by atoms with Crippen LogP contribution in [-0.2, 0) is 16.0 Å². The van der Waals surface area contributed by atoms with E-state index in [4.69, 9.17) is 9.47 Å². The molecule has 0 saturated heterocycles. The van der Waals surface area contributed by atoms with Crippen molar-refractivity contribution in [2.75, 3.05) is 6.61 Å². The molecular formula is C28H29NO5. The van der Waals surface area contributed by atoms with Gasteiger partial charge in [0.15, 0.2) is 0 Å². The van der Waals surface area contributed by atoms with Gasteiger partial charge >= 0.3 is 12.1 Å². The van der Waals surface area contributed by atoms with Crippen LogP contribution in [0.25, 0.3) is 11.1 Å². The summed E-state index contributed by atoms with van der Waals surface area (Å²) in [6.07, 6.45) is -0.614. The molecule has 4 rings (SSSR count). The second-order valence-electron chi connectivity index (χ2n) is 9.42. The number of hydrogen-bond donors (Lipinski definition) is 2. The normalized spacial score (nSPS) is 13.5. The fourth-order valence-corrected chi connectivity index (χ4v) is 4.27. The van der Waals surface area contributed by atoms with Gasteiger partial charge in [-0.3, -0.25) is 0 Å². The first-order valence-electron chi connectivity index (χ1n) is 11.3. The predicted molar refractivity (Wildman–Crippen MR) is 130 cm³/mol. The van der Waals surface area contributed by atoms with Crippen molar-refractivity contribution < 1.29 is 24.2 Å². The van der Waals surface area contributed by atoms with Crippen molar-refractivity contribution in [1.82, 2.24) is 5.32 Å². The number of carbonyl (C=O) groups is 2. The average Bonchev–Trinajstić information content (AvgIpc) is 3.11. The summed E-state index contributed by atoms with van der Waals surface area (Å²) in [6.45, 7) is 6.00. The van der Waals surface area contributed by atoms with Crippen LogP contribution in [-0.4, -0.2) is 35.4 Å². The highest BCUT2D eigenvalue weighted by Gasteiger charge is 2.29. The Labute approximate surface area is 199 Å². The Morgan fingerprint density at radius 1 is 0.912 bits per heavy atom. The zero-order valence-corrected chi connectivity index (χ0v) is 19.6. The second-order valence-corrected chi connectivity index (χ2v) is 9.42. The minimum absolute atomic E-state index is 0.0863. The lowest BCUT2D eigenvalue weighted by Crippen LogP contribution is -2.42. The molecule has 0 bridgehead atoms. The zero-order valence-electron chi connectivity index (χ0n) is 19.6. The van der Waals surface area contributed by atoms with Crippen molar-refractivity contribution in [2.45, 2.75) is 44.8 Å². The number of benzene rings is 3. The Balaban J connectivity index is 1.38. The molecule has 0 radical (unpaired) electrons. The van der Waals surface area contributed by atoms with Gasteiger partial charge in [-0.2, -0.15) is 0 Å². The van der Waals surface area contributed by atoms with Crippen LogP contribution in [0.2, 0.25) is 0 Å². The number of ether oxygens (including phenoxy) is 2. The SMILES string of the molecule is CC(C)(C)Oc1ccc(CC([15NH]C(=O)OCC2c3ccccc3-c3ccccc32)C(=O)O)cc1. The van der Waals surface area contributed by atoms with Gasteiger partial charge in [0.2, 0.25) is 0 Å². The van der Waals surface area contributed by atoms with E-state index in [9.17, 15) is 14.7 Å². The lowest BCUT2D eigenvalue weighted by molar-refractivity contribution is -0.139. The van der Waals surface area contributed by atoms with Gasteiger partial charge in [-0.05, 0) is 60.7 Å². The molecule has 1 unspecified atom stereocenters. The highest BCUT2D eigenvalue weighted by molar-refractivity contribution is 5.81. The summed E-state index contributed by atoms with van der Waals surface area (Å²) in [5, 5.41) is 12.1. The third kappa shape index (κ3) is 5.39. The highest BCUT2D eigenvalue weighted by atomic mass is 16.6. The molecule has 0 aromatic heterocycles. The van der Waals surface area contributed by atoms with Crippen LogP contribution in [0.5, 0.6) is 5.75 Å². The molecule has 2 N–H and O–H groups in total. The van der Waals surface area contributed by atoms with Crippen molar-refractivity contribution in [3.05, 3.63) is 89.5 Å². The van der Waals surface area contributed by atoms with E-state index in [1.807, 2.05) is 57.2 Å². The number of hydrogen-bond acceptors (Lipinski definition) is 4. The summed E-state index contributed by atoms with van der Waals surface area (Å²) in [6, 6.07) is 22.2. The Morgan fingerprint density at radius 2 is 1.47 bits per heavy atom. The Morgan fingerprint density at radius 3 is 2.00 bits per heavy atom. The van der Waals surface area contributed by atoms with Gasteiger partial charge in [0, 0.05) is 12.3 Å². The summed E-state index contributed by atoms with van der Waals surface area (Å²) >= 11 is 0. The number of carboxylic acids is 1. The van der Waals surface area contributed by atoms with Crippen LogP contribution >= 0.6 is 0 Å². The van der Waals surface area contributed by atoms with Crippen LogP contribution in [0.3, 0.4) is 0 Å². The standard InChI is InChI=1S/C28H29NO5/c1-28(2,3)34-19-14-12-18(13-15-19)16-25(26(30)31)29-27(32)33-17-24-22-10-6-4-8-20(22)21-9-5-7-11-23(21)24/h4-15,24-25H,16-17H2,1-3H3,(H,29,32)(H,30,31)/i29+1. The molecule has 1 amide bonds. The molecule has 1 aliphatic carbocycles. The van der Waals surface area contributed by atoms with Crippen LogP contribution < -0.4 is 10.1 Å². The molecule has 34 heavy (non-hydrogen) atoms. The van der Waals surface area contributed by atoms with E-state index < -0.39 is 18.1 Å². The molecule has 0 aliphatic heterocycles. The fraction of sp³-hybridized carbons (Fsp3) is 0.286. The Bertz CT molecular complexity index is 1130. The first-order chi connectivity index (χ1) is 16.2. The molecule has 176 valence electrons. The molecule has 6 nitrogen and oxygen atoms in total. The van der Waals surface area contributed by atoms with Gasteiger partial charge in [0.25, 0.3) is 0 Å². The van der Waals surface area contributed by atoms with Gasteiger partial charge in [-0.15, -0.1) is 0 Å². The largest absolute Gasteiger partial charge is 0.488 e. The quantitative estimate of drug-likeness (QED) is 0.461. The molecule has 0 heterocycles. The lowest BCUT2D eigenvalue weighted by atomic mass is 9.98. The molecule has 3 aromatic carbocycles. The van der Waals surface area contributed by atoms with Crippen molar-refractivity contribution >= 4 is 12.1 Å². The van der Waals surface area contributed by atoms with Crippen LogP contribution in [0.4, 0.5) is 4.79 Å². The first-order valence-corrected chi connectivity index (χ1v) is 11.3.